The molecule has 0 spiro atoms. The summed E-state index contributed by atoms with van der Waals surface area (Å²) < 4.78 is 0. The molecule has 3 heteroatoms. The van der Waals surface area contributed by atoms with Gasteiger partial charge >= 0.3 is 0 Å². The molecule has 0 saturated carbocycles. The van der Waals surface area contributed by atoms with Crippen LogP contribution >= 0.6 is 23.2 Å². The Bertz CT molecular complexity index is 946. The van der Waals surface area contributed by atoms with Gasteiger partial charge in [0.05, 0.1) is 8.07 Å². The molecule has 0 aliphatic heterocycles. The van der Waals surface area contributed by atoms with E-state index >= 15 is 0 Å². The van der Waals surface area contributed by atoms with E-state index in [0.29, 0.717) is 0 Å². The Morgan fingerprint density at radius 3 is 1.33 bits per heavy atom. The van der Waals surface area contributed by atoms with Crippen molar-refractivity contribution in [3.05, 3.63) is 78.8 Å². The van der Waals surface area contributed by atoms with Crippen LogP contribution in [0.15, 0.2) is 34.3 Å². The Labute approximate surface area is 173 Å². The van der Waals surface area contributed by atoms with Gasteiger partial charge in [-0.3, -0.25) is 0 Å². The number of allylic oxidation sites excluding steroid dienone is 2. The molecule has 2 aromatic rings. The minimum Gasteiger partial charge on any atom is -0.0888 e. The Kier molecular flexibility index (Phi) is 4.49. The summed E-state index contributed by atoms with van der Waals surface area (Å²) >= 11 is 13.9. The van der Waals surface area contributed by atoms with Crippen molar-refractivity contribution in [3.63, 3.8) is 0 Å². The van der Waals surface area contributed by atoms with Crippen molar-refractivity contribution in [2.75, 3.05) is 0 Å². The molecule has 2 aliphatic carbocycles. The summed E-state index contributed by atoms with van der Waals surface area (Å²) in [7, 11) is -1.97. The van der Waals surface area contributed by atoms with Crippen LogP contribution in [-0.4, -0.2) is 8.07 Å². The zero-order chi connectivity index (χ0) is 19.7. The molecule has 0 bridgehead atoms. The average Bonchev–Trinajstić information content (AvgIpc) is 3.14. The fourth-order valence-electron chi connectivity index (χ4n) is 5.20. The summed E-state index contributed by atoms with van der Waals surface area (Å²) in [4.78, 5) is 0. The zero-order valence-electron chi connectivity index (χ0n) is 16.9. The van der Waals surface area contributed by atoms with Gasteiger partial charge in [-0.05, 0) is 84.4 Å². The molecule has 0 heterocycles. The highest BCUT2D eigenvalue weighted by Crippen LogP contribution is 2.55. The molecular weight excluding hydrogens is 387 g/mol. The molecule has 0 amide bonds. The zero-order valence-corrected chi connectivity index (χ0v) is 19.4. The van der Waals surface area contributed by atoms with Gasteiger partial charge in [-0.15, -0.1) is 0 Å². The second kappa shape index (κ2) is 6.37. The fraction of sp³-hybridized carbons (Fsp3) is 0.333. The first-order valence-electron chi connectivity index (χ1n) is 9.59. The summed E-state index contributed by atoms with van der Waals surface area (Å²) in [6.45, 7) is 13.7. The standard InChI is InChI=1S/C24H26Cl2Si/c1-13-7-9-15(3)21-17(13)11-19(25)23(21)27(5,6)24-20(26)12-18-14(2)8-10-16(4)22(18)24/h7-12,23-24H,1-6H3. The van der Waals surface area contributed by atoms with E-state index < -0.39 is 8.07 Å². The topological polar surface area (TPSA) is 0 Å². The first-order valence-corrected chi connectivity index (χ1v) is 13.5. The van der Waals surface area contributed by atoms with E-state index in [1.165, 1.54) is 44.5 Å². The molecule has 0 nitrogen and oxygen atoms in total. The largest absolute Gasteiger partial charge is 0.0888 e. The van der Waals surface area contributed by atoms with E-state index in [9.17, 15) is 0 Å². The Morgan fingerprint density at radius 2 is 0.963 bits per heavy atom. The summed E-state index contributed by atoms with van der Waals surface area (Å²) in [5.74, 6) is 0. The van der Waals surface area contributed by atoms with Crippen LogP contribution in [0.1, 0.15) is 55.6 Å². The van der Waals surface area contributed by atoms with Crippen LogP contribution < -0.4 is 0 Å². The molecule has 0 N–H and O–H groups in total. The van der Waals surface area contributed by atoms with Crippen molar-refractivity contribution >= 4 is 43.4 Å². The van der Waals surface area contributed by atoms with Gasteiger partial charge in [0.2, 0.25) is 0 Å². The number of benzene rings is 2. The molecule has 0 aromatic heterocycles. The van der Waals surface area contributed by atoms with Crippen molar-refractivity contribution in [1.29, 1.82) is 0 Å². The van der Waals surface area contributed by atoms with Gasteiger partial charge in [0.25, 0.3) is 0 Å². The highest BCUT2D eigenvalue weighted by atomic mass is 35.5. The van der Waals surface area contributed by atoms with Gasteiger partial charge in [-0.2, -0.15) is 0 Å². The predicted molar refractivity (Wildman–Crippen MR) is 122 cm³/mol. The van der Waals surface area contributed by atoms with Gasteiger partial charge in [-0.25, -0.2) is 0 Å². The number of hydrogen-bond acceptors (Lipinski definition) is 0. The quantitative estimate of drug-likeness (QED) is 0.441. The lowest BCUT2D eigenvalue weighted by atomic mass is 9.99. The van der Waals surface area contributed by atoms with Crippen LogP contribution in [-0.2, 0) is 0 Å². The lowest BCUT2D eigenvalue weighted by molar-refractivity contribution is 1.00. The summed E-state index contributed by atoms with van der Waals surface area (Å²) in [5.41, 5.74) is 11.4. The highest BCUT2D eigenvalue weighted by molar-refractivity contribution is 6.83. The maximum atomic E-state index is 6.93. The highest BCUT2D eigenvalue weighted by Gasteiger charge is 2.49. The van der Waals surface area contributed by atoms with E-state index in [-0.39, 0.29) is 11.1 Å². The molecule has 2 atom stereocenters. The van der Waals surface area contributed by atoms with E-state index in [2.05, 4.69) is 77.2 Å². The third-order valence-electron chi connectivity index (χ3n) is 6.63. The second-order valence-corrected chi connectivity index (χ2v) is 14.5. The van der Waals surface area contributed by atoms with Gasteiger partial charge in [0.15, 0.2) is 0 Å². The molecule has 4 rings (SSSR count). The maximum Gasteiger partial charge on any atom is 0.0753 e. The van der Waals surface area contributed by atoms with Gasteiger partial charge in [0, 0.05) is 21.1 Å². The van der Waals surface area contributed by atoms with Crippen LogP contribution in [0.3, 0.4) is 0 Å². The maximum absolute atomic E-state index is 6.93. The average molecular weight is 413 g/mol. The fourth-order valence-corrected chi connectivity index (χ4v) is 11.5. The molecule has 0 fully saturated rings. The van der Waals surface area contributed by atoms with Crippen molar-refractivity contribution in [2.24, 2.45) is 0 Å². The Balaban J connectivity index is 1.91. The normalized spacial score (nSPS) is 21.0. The third-order valence-corrected chi connectivity index (χ3v) is 11.8. The minimum atomic E-state index is -1.97. The minimum absolute atomic E-state index is 0.284. The smallest absolute Gasteiger partial charge is 0.0753 e. The number of rotatable bonds is 2. The lowest BCUT2D eigenvalue weighted by Gasteiger charge is -2.38. The van der Waals surface area contributed by atoms with E-state index in [0.717, 1.165) is 10.1 Å². The lowest BCUT2D eigenvalue weighted by Crippen LogP contribution is -2.42. The van der Waals surface area contributed by atoms with Crippen molar-refractivity contribution in [3.8, 4) is 0 Å². The number of fused-ring (bicyclic) bond motifs is 2. The molecule has 0 saturated heterocycles. The number of hydrogen-bond donors (Lipinski definition) is 0. The van der Waals surface area contributed by atoms with Crippen molar-refractivity contribution < 1.29 is 0 Å². The third kappa shape index (κ3) is 2.70. The molecule has 2 aromatic carbocycles. The van der Waals surface area contributed by atoms with Gasteiger partial charge in [-0.1, -0.05) is 60.6 Å². The Morgan fingerprint density at radius 1 is 0.630 bits per heavy atom. The molecule has 27 heavy (non-hydrogen) atoms. The Hall–Kier alpha value is -1.28. The summed E-state index contributed by atoms with van der Waals surface area (Å²) in [6, 6.07) is 8.89. The van der Waals surface area contributed by atoms with Crippen molar-refractivity contribution in [1.82, 2.24) is 0 Å². The SMILES string of the molecule is Cc1ccc(C)c2c1C=C(Cl)C2[Si](C)(C)C1C(Cl)=Cc2c(C)ccc(C)c21. The molecule has 2 aliphatic rings. The molecule has 2 unspecified atom stereocenters. The molecule has 140 valence electrons. The summed E-state index contributed by atoms with van der Waals surface area (Å²) in [6.07, 6.45) is 4.41. The van der Waals surface area contributed by atoms with E-state index in [1.54, 1.807) is 0 Å². The van der Waals surface area contributed by atoms with Crippen LogP contribution in [0, 0.1) is 27.7 Å². The number of aryl methyl sites for hydroxylation is 4. The van der Waals surface area contributed by atoms with E-state index in [1.807, 2.05) is 0 Å². The first kappa shape index (κ1) is 19.1. The number of halogens is 2. The van der Waals surface area contributed by atoms with E-state index in [4.69, 9.17) is 23.2 Å². The van der Waals surface area contributed by atoms with Gasteiger partial charge in [0.1, 0.15) is 0 Å². The first-order chi connectivity index (χ1) is 12.6. The molecular formula is C24H26Cl2Si. The van der Waals surface area contributed by atoms with Gasteiger partial charge < -0.3 is 0 Å². The van der Waals surface area contributed by atoms with Crippen LogP contribution in [0.25, 0.3) is 12.2 Å². The predicted octanol–water partition coefficient (Wildman–Crippen LogP) is 7.76. The summed E-state index contributed by atoms with van der Waals surface area (Å²) in [5, 5.41) is 1.98. The second-order valence-electron chi connectivity index (χ2n) is 8.80. The van der Waals surface area contributed by atoms with Crippen LogP contribution in [0.2, 0.25) is 13.1 Å². The van der Waals surface area contributed by atoms with Crippen molar-refractivity contribution in [2.45, 2.75) is 51.9 Å². The van der Waals surface area contributed by atoms with Crippen LogP contribution in [0.4, 0.5) is 0 Å². The van der Waals surface area contributed by atoms with Crippen LogP contribution in [0.5, 0.6) is 0 Å². The molecule has 0 radical (unpaired) electrons. The monoisotopic (exact) mass is 412 g/mol.